The summed E-state index contributed by atoms with van der Waals surface area (Å²) in [7, 11) is 0. The van der Waals surface area contributed by atoms with E-state index in [1.165, 1.54) is 0 Å². The van der Waals surface area contributed by atoms with Crippen molar-refractivity contribution in [1.82, 2.24) is 14.9 Å². The Kier molecular flexibility index (Phi) is 5.60. The number of benzene rings is 1. The predicted molar refractivity (Wildman–Crippen MR) is 100 cm³/mol. The molecule has 3 rings (SSSR count). The molecule has 6 heteroatoms. The van der Waals surface area contributed by atoms with Crippen molar-refractivity contribution in [2.24, 2.45) is 0 Å². The van der Waals surface area contributed by atoms with E-state index in [0.717, 1.165) is 17.7 Å². The van der Waals surface area contributed by atoms with Crippen molar-refractivity contribution < 1.29 is 4.79 Å². The highest BCUT2D eigenvalue weighted by Gasteiger charge is 2.16. The second-order valence-electron chi connectivity index (χ2n) is 5.96. The lowest BCUT2D eigenvalue weighted by Gasteiger charge is -2.21. The van der Waals surface area contributed by atoms with Crippen LogP contribution in [0.3, 0.4) is 0 Å². The summed E-state index contributed by atoms with van der Waals surface area (Å²) in [6, 6.07) is 11.2. The Balaban J connectivity index is 1.86. The zero-order valence-corrected chi connectivity index (χ0v) is 15.0. The smallest absolute Gasteiger partial charge is 0.258 e. The van der Waals surface area contributed by atoms with Gasteiger partial charge in [-0.05, 0) is 30.0 Å². The minimum Gasteiger partial charge on any atom is -0.330 e. The van der Waals surface area contributed by atoms with Gasteiger partial charge >= 0.3 is 0 Å². The van der Waals surface area contributed by atoms with E-state index in [9.17, 15) is 9.59 Å². The average Bonchev–Trinajstić information content (AvgIpc) is 3.12. The topological polar surface area (TPSA) is 66.1 Å². The number of nitrogens with one attached hydrogen (secondary N) is 1. The molecule has 130 valence electrons. The highest BCUT2D eigenvalue weighted by molar-refractivity contribution is 7.09. The van der Waals surface area contributed by atoms with Crippen molar-refractivity contribution >= 4 is 28.1 Å². The van der Waals surface area contributed by atoms with Gasteiger partial charge in [-0.15, -0.1) is 11.3 Å². The summed E-state index contributed by atoms with van der Waals surface area (Å²) in [4.78, 5) is 35.1. The highest BCUT2D eigenvalue weighted by Crippen LogP contribution is 2.16. The molecular weight excluding hydrogens is 334 g/mol. The monoisotopic (exact) mass is 355 g/mol. The average molecular weight is 355 g/mol. The second-order valence-corrected chi connectivity index (χ2v) is 6.99. The minimum absolute atomic E-state index is 0.0889. The number of carbonyl (C=O) groups excluding carboxylic acids is 1. The molecule has 0 saturated carbocycles. The maximum atomic E-state index is 12.6. The van der Waals surface area contributed by atoms with Crippen LogP contribution in [0.15, 0.2) is 46.6 Å². The zero-order valence-electron chi connectivity index (χ0n) is 14.2. The van der Waals surface area contributed by atoms with Gasteiger partial charge in [0.1, 0.15) is 5.82 Å². The van der Waals surface area contributed by atoms with Crippen LogP contribution in [0.1, 0.15) is 36.9 Å². The molecule has 1 N–H and O–H groups in total. The first-order chi connectivity index (χ1) is 12.2. The van der Waals surface area contributed by atoms with Crippen LogP contribution < -0.4 is 5.56 Å². The van der Waals surface area contributed by atoms with Crippen molar-refractivity contribution in [2.45, 2.75) is 39.3 Å². The van der Waals surface area contributed by atoms with Gasteiger partial charge in [-0.25, -0.2) is 4.98 Å². The number of para-hydroxylation sites is 1. The van der Waals surface area contributed by atoms with Gasteiger partial charge in [-0.2, -0.15) is 0 Å². The molecule has 0 spiro atoms. The predicted octanol–water partition coefficient (Wildman–Crippen LogP) is 3.70. The molecule has 0 aliphatic rings. The lowest BCUT2D eigenvalue weighted by molar-refractivity contribution is -0.132. The zero-order chi connectivity index (χ0) is 17.6. The van der Waals surface area contributed by atoms with Crippen molar-refractivity contribution in [3.63, 3.8) is 0 Å². The number of aromatic amines is 1. The Bertz CT molecular complexity index is 902. The summed E-state index contributed by atoms with van der Waals surface area (Å²) in [5, 5.41) is 2.56. The first-order valence-corrected chi connectivity index (χ1v) is 9.33. The molecule has 2 aromatic heterocycles. The van der Waals surface area contributed by atoms with Crippen LogP contribution in [0.2, 0.25) is 0 Å². The molecule has 1 aromatic carbocycles. The van der Waals surface area contributed by atoms with Crippen molar-refractivity contribution in [2.75, 3.05) is 0 Å². The summed E-state index contributed by atoms with van der Waals surface area (Å²) in [5.74, 6) is 0.608. The van der Waals surface area contributed by atoms with Crippen molar-refractivity contribution in [3.05, 3.63) is 62.8 Å². The van der Waals surface area contributed by atoms with Gasteiger partial charge in [0.05, 0.1) is 24.0 Å². The standard InChI is InChI=1S/C19H21N3O2S/c1-2-3-10-18(23)22(12-14-7-6-11-25-14)13-17-20-16-9-5-4-8-15(16)19(24)21-17/h4-9,11H,2-3,10,12-13H2,1H3,(H,20,21,24). The number of hydrogen-bond donors (Lipinski definition) is 1. The first kappa shape index (κ1) is 17.4. The van der Waals surface area contributed by atoms with Crippen LogP contribution >= 0.6 is 11.3 Å². The van der Waals surface area contributed by atoms with Crippen molar-refractivity contribution in [3.8, 4) is 0 Å². The summed E-state index contributed by atoms with van der Waals surface area (Å²) in [6.07, 6.45) is 2.35. The Morgan fingerprint density at radius 1 is 1.20 bits per heavy atom. The molecule has 0 fully saturated rings. The van der Waals surface area contributed by atoms with E-state index in [0.29, 0.717) is 36.2 Å². The van der Waals surface area contributed by atoms with Gasteiger partial charge in [-0.1, -0.05) is 31.5 Å². The van der Waals surface area contributed by atoms with Crippen LogP contribution in [0, 0.1) is 0 Å². The highest BCUT2D eigenvalue weighted by atomic mass is 32.1. The van der Waals surface area contributed by atoms with Gasteiger partial charge in [0.15, 0.2) is 0 Å². The van der Waals surface area contributed by atoms with E-state index in [4.69, 9.17) is 0 Å². The molecule has 25 heavy (non-hydrogen) atoms. The Hall–Kier alpha value is -2.47. The molecule has 1 amide bonds. The molecule has 5 nitrogen and oxygen atoms in total. The number of thiophene rings is 1. The maximum Gasteiger partial charge on any atom is 0.258 e. The van der Waals surface area contributed by atoms with Crippen LogP contribution in [-0.4, -0.2) is 20.8 Å². The molecule has 0 saturated heterocycles. The number of unbranched alkanes of at least 4 members (excludes halogenated alkanes) is 1. The Morgan fingerprint density at radius 3 is 2.80 bits per heavy atom. The number of aromatic nitrogens is 2. The number of amides is 1. The normalized spacial score (nSPS) is 10.9. The lowest BCUT2D eigenvalue weighted by atomic mass is 10.2. The molecule has 0 bridgehead atoms. The fourth-order valence-corrected chi connectivity index (χ4v) is 3.42. The van der Waals surface area contributed by atoms with Gasteiger partial charge in [0, 0.05) is 11.3 Å². The molecule has 3 aromatic rings. The minimum atomic E-state index is -0.169. The van der Waals surface area contributed by atoms with E-state index in [-0.39, 0.29) is 11.5 Å². The van der Waals surface area contributed by atoms with E-state index >= 15 is 0 Å². The summed E-state index contributed by atoms with van der Waals surface area (Å²) in [6.45, 7) is 2.91. The number of rotatable bonds is 7. The lowest BCUT2D eigenvalue weighted by Crippen LogP contribution is -2.31. The summed E-state index contributed by atoms with van der Waals surface area (Å²) < 4.78 is 0. The van der Waals surface area contributed by atoms with Gasteiger partial charge in [0.25, 0.3) is 5.56 Å². The molecule has 0 unspecified atom stereocenters. The molecule has 0 aliphatic carbocycles. The van der Waals surface area contributed by atoms with E-state index in [1.807, 2.05) is 35.7 Å². The van der Waals surface area contributed by atoms with Gasteiger partial charge < -0.3 is 9.88 Å². The molecule has 0 aliphatic heterocycles. The van der Waals surface area contributed by atoms with Gasteiger partial charge in [0.2, 0.25) is 5.91 Å². The second kappa shape index (κ2) is 8.07. The number of H-pyrrole nitrogens is 1. The third kappa shape index (κ3) is 4.33. The fraction of sp³-hybridized carbons (Fsp3) is 0.316. The molecule has 0 radical (unpaired) electrons. The van der Waals surface area contributed by atoms with Gasteiger partial charge in [-0.3, -0.25) is 9.59 Å². The van der Waals surface area contributed by atoms with E-state index in [2.05, 4.69) is 16.9 Å². The maximum absolute atomic E-state index is 12.6. The van der Waals surface area contributed by atoms with E-state index < -0.39 is 0 Å². The molecule has 2 heterocycles. The van der Waals surface area contributed by atoms with Crippen LogP contribution in [0.5, 0.6) is 0 Å². The Labute approximate surface area is 150 Å². The fourth-order valence-electron chi connectivity index (χ4n) is 2.70. The van der Waals surface area contributed by atoms with Crippen LogP contribution in [0.25, 0.3) is 10.9 Å². The Morgan fingerprint density at radius 2 is 2.04 bits per heavy atom. The summed E-state index contributed by atoms with van der Waals surface area (Å²) >= 11 is 1.62. The number of nitrogens with zero attached hydrogens (tertiary/aromatic N) is 2. The van der Waals surface area contributed by atoms with Crippen molar-refractivity contribution in [1.29, 1.82) is 0 Å². The quantitative estimate of drug-likeness (QED) is 0.703. The third-order valence-electron chi connectivity index (χ3n) is 4.03. The third-order valence-corrected chi connectivity index (χ3v) is 4.89. The SMILES string of the molecule is CCCCC(=O)N(Cc1nc2ccccc2c(=O)[nH]1)Cc1cccs1. The molecular formula is C19H21N3O2S. The molecule has 0 atom stereocenters. The number of fused-ring (bicyclic) bond motifs is 1. The van der Waals surface area contributed by atoms with E-state index in [1.54, 1.807) is 22.3 Å². The largest absolute Gasteiger partial charge is 0.330 e. The number of hydrogen-bond acceptors (Lipinski definition) is 4. The summed E-state index contributed by atoms with van der Waals surface area (Å²) in [5.41, 5.74) is 0.482. The first-order valence-electron chi connectivity index (χ1n) is 8.45. The van der Waals surface area contributed by atoms with Crippen LogP contribution in [0.4, 0.5) is 0 Å². The van der Waals surface area contributed by atoms with Crippen LogP contribution in [-0.2, 0) is 17.9 Å². The number of carbonyl (C=O) groups is 1.